The van der Waals surface area contributed by atoms with Crippen LogP contribution in [0.1, 0.15) is 68.4 Å². The van der Waals surface area contributed by atoms with E-state index in [1.807, 2.05) is 6.07 Å². The number of piperidine rings is 2. The predicted octanol–water partition coefficient (Wildman–Crippen LogP) is 2.22. The number of nitrogens with zero attached hydrogens (tertiary/aromatic N) is 2. The molecule has 1 aromatic carbocycles. The first-order valence-electron chi connectivity index (χ1n) is 11.3. The van der Waals surface area contributed by atoms with Gasteiger partial charge in [-0.05, 0) is 52.1 Å². The fraction of sp³-hybridized carbons (Fsp3) is 0.625. The van der Waals surface area contributed by atoms with Gasteiger partial charge in [0.05, 0.1) is 13.2 Å². The minimum Gasteiger partial charge on any atom is -0.492 e. The van der Waals surface area contributed by atoms with E-state index in [1.54, 1.807) is 4.90 Å². The van der Waals surface area contributed by atoms with E-state index in [4.69, 9.17) is 4.74 Å². The fourth-order valence-electron chi connectivity index (χ4n) is 5.85. The molecule has 3 amide bonds. The summed E-state index contributed by atoms with van der Waals surface area (Å²) in [5.41, 5.74) is 2.85. The maximum Gasteiger partial charge on any atom is 0.255 e. The average molecular weight is 426 g/mol. The molecule has 0 aromatic heterocycles. The summed E-state index contributed by atoms with van der Waals surface area (Å²) in [6.45, 7) is 12.1. The molecule has 0 radical (unpaired) electrons. The summed E-state index contributed by atoms with van der Waals surface area (Å²) >= 11 is 0. The van der Waals surface area contributed by atoms with Crippen molar-refractivity contribution in [1.82, 2.24) is 15.1 Å². The van der Waals surface area contributed by atoms with Gasteiger partial charge in [-0.25, -0.2) is 0 Å². The number of likely N-dealkylation sites (tertiary alicyclic amines) is 1. The monoisotopic (exact) mass is 425 g/mol. The molecule has 2 saturated heterocycles. The molecule has 166 valence electrons. The second kappa shape index (κ2) is 6.79. The van der Waals surface area contributed by atoms with Crippen LogP contribution in [-0.4, -0.2) is 58.8 Å². The molecule has 0 aliphatic carbocycles. The number of ether oxygens (including phenoxy) is 1. The van der Waals surface area contributed by atoms with Crippen LogP contribution in [0.4, 0.5) is 0 Å². The Labute approximate surface area is 183 Å². The van der Waals surface area contributed by atoms with Gasteiger partial charge in [-0.2, -0.15) is 0 Å². The number of carbonyl (C=O) groups excluding carboxylic acids is 3. The molecule has 7 heteroatoms. The molecule has 0 saturated carbocycles. The zero-order valence-corrected chi connectivity index (χ0v) is 18.8. The van der Waals surface area contributed by atoms with Crippen LogP contribution < -0.4 is 10.1 Å². The van der Waals surface area contributed by atoms with E-state index in [2.05, 4.69) is 44.0 Å². The van der Waals surface area contributed by atoms with Gasteiger partial charge in [-0.1, -0.05) is 13.0 Å². The number of hydrogen-bond acceptors (Lipinski definition) is 5. The van der Waals surface area contributed by atoms with Crippen LogP contribution in [0.5, 0.6) is 5.75 Å². The summed E-state index contributed by atoms with van der Waals surface area (Å²) in [7, 11) is 0. The molecule has 7 nitrogen and oxygen atoms in total. The lowest BCUT2D eigenvalue weighted by atomic mass is 9.67. The first-order chi connectivity index (χ1) is 14.6. The van der Waals surface area contributed by atoms with Crippen LogP contribution >= 0.6 is 0 Å². The topological polar surface area (TPSA) is 79.0 Å². The summed E-state index contributed by atoms with van der Waals surface area (Å²) in [5.74, 6) is 0.481. The molecule has 5 rings (SSSR count). The third-order valence-electron chi connectivity index (χ3n) is 7.89. The molecule has 1 spiro atoms. The van der Waals surface area contributed by atoms with Crippen molar-refractivity contribution in [1.29, 1.82) is 0 Å². The number of fused-ring (bicyclic) bond motifs is 4. The Hall–Kier alpha value is -2.41. The Kier molecular flexibility index (Phi) is 4.49. The second-order valence-electron chi connectivity index (χ2n) is 10.6. The van der Waals surface area contributed by atoms with Crippen LogP contribution in [0.15, 0.2) is 12.1 Å². The molecule has 4 aliphatic rings. The van der Waals surface area contributed by atoms with Gasteiger partial charge in [-0.15, -0.1) is 0 Å². The molecular formula is C24H31N3O4. The lowest BCUT2D eigenvalue weighted by Crippen LogP contribution is -2.55. The Morgan fingerprint density at radius 2 is 1.97 bits per heavy atom. The van der Waals surface area contributed by atoms with Gasteiger partial charge in [0.2, 0.25) is 11.8 Å². The first-order valence-corrected chi connectivity index (χ1v) is 11.3. The average Bonchev–Trinajstić information content (AvgIpc) is 3.23. The highest BCUT2D eigenvalue weighted by atomic mass is 16.5. The zero-order valence-electron chi connectivity index (χ0n) is 18.8. The Bertz CT molecular complexity index is 982. The third-order valence-corrected chi connectivity index (χ3v) is 7.89. The molecule has 1 aromatic rings. The molecule has 3 unspecified atom stereocenters. The quantitative estimate of drug-likeness (QED) is 0.698. The van der Waals surface area contributed by atoms with Gasteiger partial charge in [0, 0.05) is 40.6 Å². The molecule has 2 fully saturated rings. The summed E-state index contributed by atoms with van der Waals surface area (Å²) in [6, 6.07) is 3.40. The summed E-state index contributed by atoms with van der Waals surface area (Å²) in [5, 5.41) is 2.37. The van der Waals surface area contributed by atoms with Crippen LogP contribution in [-0.2, 0) is 21.5 Å². The summed E-state index contributed by atoms with van der Waals surface area (Å²) < 4.78 is 6.30. The Balaban J connectivity index is 1.44. The van der Waals surface area contributed by atoms with Crippen LogP contribution in [0.3, 0.4) is 0 Å². The van der Waals surface area contributed by atoms with Gasteiger partial charge in [0.25, 0.3) is 5.91 Å². The van der Waals surface area contributed by atoms with Crippen molar-refractivity contribution in [2.45, 2.75) is 70.5 Å². The van der Waals surface area contributed by atoms with Gasteiger partial charge in [0.1, 0.15) is 11.8 Å². The number of benzene rings is 1. The van der Waals surface area contributed by atoms with Crippen molar-refractivity contribution in [2.75, 3.05) is 19.7 Å². The van der Waals surface area contributed by atoms with Gasteiger partial charge in [0.15, 0.2) is 0 Å². The Morgan fingerprint density at radius 3 is 2.65 bits per heavy atom. The van der Waals surface area contributed by atoms with Crippen molar-refractivity contribution in [3.63, 3.8) is 0 Å². The minimum absolute atomic E-state index is 0.0305. The largest absolute Gasteiger partial charge is 0.492 e. The number of nitrogens with one attached hydrogen (secondary N) is 1. The number of rotatable bonds is 1. The standard InChI is InChI=1S/C24H31N3O4/c1-14-11-26(23(2,3)4)10-9-24(14)13-31-20-16-12-27(18-7-8-19(28)25-21(18)29)22(30)15(16)5-6-17(20)24/h5-6,14,18H,7-13H2,1-4H3,(H,25,28,29). The van der Waals surface area contributed by atoms with Crippen molar-refractivity contribution < 1.29 is 19.1 Å². The van der Waals surface area contributed by atoms with E-state index >= 15 is 0 Å². The fourth-order valence-corrected chi connectivity index (χ4v) is 5.85. The maximum absolute atomic E-state index is 13.1. The van der Waals surface area contributed by atoms with Crippen LogP contribution in [0.25, 0.3) is 0 Å². The molecule has 4 heterocycles. The Morgan fingerprint density at radius 1 is 1.19 bits per heavy atom. The normalized spacial score (nSPS) is 31.0. The van der Waals surface area contributed by atoms with E-state index in [-0.39, 0.29) is 35.1 Å². The summed E-state index contributed by atoms with van der Waals surface area (Å²) in [6.07, 6.45) is 1.66. The number of hydrogen-bond donors (Lipinski definition) is 1. The molecule has 1 N–H and O–H groups in total. The SMILES string of the molecule is CC1CN(C(C)(C)C)CCC12COc1c2ccc2c1CN(C1CCC(=O)NC1=O)C2=O. The van der Waals surface area contributed by atoms with Crippen molar-refractivity contribution in [2.24, 2.45) is 5.92 Å². The van der Waals surface area contributed by atoms with Crippen molar-refractivity contribution >= 4 is 17.7 Å². The highest BCUT2D eigenvalue weighted by Crippen LogP contribution is 2.52. The van der Waals surface area contributed by atoms with E-state index < -0.39 is 6.04 Å². The lowest BCUT2D eigenvalue weighted by Gasteiger charge is -2.48. The third kappa shape index (κ3) is 3.00. The van der Waals surface area contributed by atoms with Gasteiger partial charge >= 0.3 is 0 Å². The molecule has 4 aliphatic heterocycles. The van der Waals surface area contributed by atoms with E-state index in [0.29, 0.717) is 31.1 Å². The molecule has 31 heavy (non-hydrogen) atoms. The van der Waals surface area contributed by atoms with Crippen molar-refractivity contribution in [3.8, 4) is 5.75 Å². The van der Waals surface area contributed by atoms with Gasteiger partial charge < -0.3 is 9.64 Å². The molecule has 0 bridgehead atoms. The predicted molar refractivity (Wildman–Crippen MR) is 115 cm³/mol. The maximum atomic E-state index is 13.1. The number of amides is 3. The number of carbonyl (C=O) groups is 3. The highest BCUT2D eigenvalue weighted by molar-refractivity contribution is 6.05. The molecule has 3 atom stereocenters. The summed E-state index contributed by atoms with van der Waals surface area (Å²) in [4.78, 5) is 41.1. The van der Waals surface area contributed by atoms with E-state index in [1.165, 1.54) is 5.56 Å². The van der Waals surface area contributed by atoms with E-state index in [9.17, 15) is 14.4 Å². The number of imide groups is 1. The smallest absolute Gasteiger partial charge is 0.255 e. The van der Waals surface area contributed by atoms with Gasteiger partial charge in [-0.3, -0.25) is 24.6 Å². The second-order valence-corrected chi connectivity index (χ2v) is 10.6. The van der Waals surface area contributed by atoms with Crippen molar-refractivity contribution in [3.05, 3.63) is 28.8 Å². The zero-order chi connectivity index (χ0) is 22.1. The first kappa shape index (κ1) is 20.5. The lowest BCUT2D eigenvalue weighted by molar-refractivity contribution is -0.136. The molecular weight excluding hydrogens is 394 g/mol. The highest BCUT2D eigenvalue weighted by Gasteiger charge is 2.51. The van der Waals surface area contributed by atoms with E-state index in [0.717, 1.165) is 30.8 Å². The van der Waals surface area contributed by atoms with Crippen LogP contribution in [0, 0.1) is 5.92 Å². The minimum atomic E-state index is -0.599. The van der Waals surface area contributed by atoms with Crippen LogP contribution in [0.2, 0.25) is 0 Å².